The summed E-state index contributed by atoms with van der Waals surface area (Å²) < 4.78 is 10.9. The zero-order valence-corrected chi connectivity index (χ0v) is 62.6. The molecule has 10 heteroatoms. The van der Waals surface area contributed by atoms with Crippen molar-refractivity contribution in [1.82, 2.24) is 0 Å². The van der Waals surface area contributed by atoms with E-state index in [1.165, 1.54) is 61.2 Å². The third-order valence-corrected chi connectivity index (χ3v) is 17.5. The van der Waals surface area contributed by atoms with Crippen molar-refractivity contribution in [2.24, 2.45) is 0 Å². The molecule has 0 spiro atoms. The van der Waals surface area contributed by atoms with E-state index >= 15 is 0 Å². The average Bonchev–Trinajstić information content (AvgIpc) is 0.827. The molecule has 0 aromatic heterocycles. The first-order valence-corrected chi connectivity index (χ1v) is 34.2. The number of benzene rings is 10. The molecule has 10 aromatic rings. The largest absolute Gasteiger partial charge is 0.481 e. The monoisotopic (exact) mass is 1360 g/mol. The SMILES string of the molecule is CC(C)(C)OC(=O)c1ccc(C[C@@H](C(=O)O)c2ccc(-c3ccc(C(C)(C)C)cc3)cc2)cc1.Cc1cc(C)c(-c2ccc(N)cc2)c(C)c1.Cc1cc(C)c(-c2ccc(NC(=O)[C@H](Cc3ccc(C(=O)OC(C)(C)C)cc3)c3ccc(-c4ccc(C(C)(C)C)cc4)cc3)cc2)c(C)c1.Cl. The topological polar surface area (TPSA) is 145 Å². The van der Waals surface area contributed by atoms with Crippen molar-refractivity contribution in [1.29, 1.82) is 0 Å². The molecule has 0 heterocycles. The lowest BCUT2D eigenvalue weighted by molar-refractivity contribution is -0.138. The molecule has 0 saturated carbocycles. The van der Waals surface area contributed by atoms with Crippen LogP contribution in [0.2, 0.25) is 0 Å². The molecular weight excluding hydrogens is 1260 g/mol. The second kappa shape index (κ2) is 32.9. The fraction of sp³-hybridized carbons (Fsp3) is 0.289. The zero-order valence-electron chi connectivity index (χ0n) is 61.7. The fourth-order valence-electron chi connectivity index (χ4n) is 12.4. The molecule has 0 radical (unpaired) electrons. The number of nitrogens with one attached hydrogen (secondary N) is 1. The molecule has 10 rings (SSSR count). The average molecular weight is 1360 g/mol. The maximum absolute atomic E-state index is 14.1. The molecule has 100 heavy (non-hydrogen) atoms. The van der Waals surface area contributed by atoms with Crippen LogP contribution in [0.4, 0.5) is 11.4 Å². The summed E-state index contributed by atoms with van der Waals surface area (Å²) in [6.45, 7) is 37.1. The number of hydrogen-bond donors (Lipinski definition) is 3. The number of anilines is 2. The van der Waals surface area contributed by atoms with Gasteiger partial charge in [0.1, 0.15) is 11.2 Å². The standard InChI is InChI=1S/C45H49NO3.C30H34O4.C15H17N.ClH/c1-29-26-30(2)41(31(3)27-29)36-20-24-39(25-21-36)46-42(47)40(28-32-10-12-37(13-11-32)43(48)49-45(7,8)9)35-16-14-33(15-17-35)34-18-22-38(23-19-34)44(4,5)6;1-29(2,3)25-17-15-22(16-18-25)21-11-13-23(14-12-21)26(27(31)32)19-20-7-9-24(10-8-20)28(33)34-30(4,5)6;1-10-8-11(2)15(12(3)9-10)13-4-6-14(16)7-5-13;/h10-27,40H,28H2,1-9H3,(H,46,47);7-18,26H,19H2,1-6H3,(H,31,32);4-9H,16H2,1-3H3;1H/t40-;26-;;/m11../s1. The van der Waals surface area contributed by atoms with Crippen LogP contribution in [0, 0.1) is 41.5 Å². The van der Waals surface area contributed by atoms with Gasteiger partial charge in [-0.05, 0) is 255 Å². The predicted octanol–water partition coefficient (Wildman–Crippen LogP) is 22.5. The summed E-state index contributed by atoms with van der Waals surface area (Å²) in [5, 5.41) is 13.1. The minimum absolute atomic E-state index is 0. The number of carbonyl (C=O) groups is 4. The molecule has 10 aromatic carbocycles. The van der Waals surface area contributed by atoms with Gasteiger partial charge in [-0.25, -0.2) is 9.59 Å². The number of carbonyl (C=O) groups excluding carboxylic acids is 3. The number of carboxylic acids is 1. The summed E-state index contributed by atoms with van der Waals surface area (Å²) >= 11 is 0. The van der Waals surface area contributed by atoms with Crippen molar-refractivity contribution in [3.63, 3.8) is 0 Å². The molecule has 1 amide bonds. The van der Waals surface area contributed by atoms with Crippen LogP contribution in [0.15, 0.2) is 218 Å². The van der Waals surface area contributed by atoms with E-state index in [2.05, 4.69) is 210 Å². The molecule has 0 aliphatic heterocycles. The lowest BCUT2D eigenvalue weighted by Crippen LogP contribution is -2.24. The van der Waals surface area contributed by atoms with Crippen molar-refractivity contribution in [2.75, 3.05) is 11.1 Å². The Morgan fingerprint density at radius 2 is 0.680 bits per heavy atom. The molecule has 9 nitrogen and oxygen atoms in total. The molecule has 0 aliphatic carbocycles. The molecule has 0 bridgehead atoms. The summed E-state index contributed by atoms with van der Waals surface area (Å²) in [5.74, 6) is -2.85. The maximum Gasteiger partial charge on any atom is 0.338 e. The van der Waals surface area contributed by atoms with Crippen molar-refractivity contribution >= 4 is 47.6 Å². The third-order valence-electron chi connectivity index (χ3n) is 17.5. The summed E-state index contributed by atoms with van der Waals surface area (Å²) in [5.41, 5.74) is 30.3. The van der Waals surface area contributed by atoms with Crippen molar-refractivity contribution < 1.29 is 33.8 Å². The Morgan fingerprint density at radius 1 is 0.390 bits per heavy atom. The highest BCUT2D eigenvalue weighted by molar-refractivity contribution is 5.97. The molecule has 520 valence electrons. The van der Waals surface area contributed by atoms with Gasteiger partial charge in [-0.3, -0.25) is 9.59 Å². The number of nitrogens with two attached hydrogens (primary N) is 1. The second-order valence-electron chi connectivity index (χ2n) is 30.4. The van der Waals surface area contributed by atoms with E-state index in [0.29, 0.717) is 24.0 Å². The van der Waals surface area contributed by atoms with Crippen LogP contribution in [-0.4, -0.2) is 40.1 Å². The fourth-order valence-corrected chi connectivity index (χ4v) is 12.4. The van der Waals surface area contributed by atoms with Gasteiger partial charge in [-0.1, -0.05) is 223 Å². The first-order chi connectivity index (χ1) is 46.5. The molecule has 0 fully saturated rings. The van der Waals surface area contributed by atoms with E-state index in [4.69, 9.17) is 15.2 Å². The number of nitrogen functional groups attached to an aromatic ring is 1. The van der Waals surface area contributed by atoms with Crippen LogP contribution in [0.3, 0.4) is 0 Å². The first kappa shape index (κ1) is 77.5. The Hall–Kier alpha value is -9.83. The highest BCUT2D eigenvalue weighted by atomic mass is 35.5. The Morgan fingerprint density at radius 3 is 0.990 bits per heavy atom. The lowest BCUT2D eigenvalue weighted by atomic mass is 9.86. The molecule has 2 atom stereocenters. The Labute approximate surface area is 601 Å². The summed E-state index contributed by atoms with van der Waals surface area (Å²) in [7, 11) is 0. The number of ether oxygens (including phenoxy) is 2. The molecule has 0 saturated heterocycles. The third kappa shape index (κ3) is 21.6. The van der Waals surface area contributed by atoms with Crippen LogP contribution in [-0.2, 0) is 42.7 Å². The van der Waals surface area contributed by atoms with Gasteiger partial charge in [-0.2, -0.15) is 0 Å². The van der Waals surface area contributed by atoms with Crippen molar-refractivity contribution in [2.45, 2.75) is 171 Å². The van der Waals surface area contributed by atoms with Gasteiger partial charge < -0.3 is 25.6 Å². The lowest BCUT2D eigenvalue weighted by Gasteiger charge is -2.20. The van der Waals surface area contributed by atoms with E-state index in [1.54, 1.807) is 36.4 Å². The van der Waals surface area contributed by atoms with Gasteiger partial charge in [0.05, 0.1) is 23.0 Å². The summed E-state index contributed by atoms with van der Waals surface area (Å²) in [6, 6.07) is 72.6. The van der Waals surface area contributed by atoms with Gasteiger partial charge in [-0.15, -0.1) is 12.4 Å². The van der Waals surface area contributed by atoms with E-state index in [1.807, 2.05) is 102 Å². The molecule has 4 N–H and O–H groups in total. The summed E-state index contributed by atoms with van der Waals surface area (Å²) in [6.07, 6.45) is 0.809. The van der Waals surface area contributed by atoms with Crippen LogP contribution >= 0.6 is 12.4 Å². The number of halogens is 1. The van der Waals surface area contributed by atoms with E-state index < -0.39 is 29.0 Å². The van der Waals surface area contributed by atoms with Crippen LogP contribution < -0.4 is 11.1 Å². The number of rotatable bonds is 15. The zero-order chi connectivity index (χ0) is 72.3. The van der Waals surface area contributed by atoms with Gasteiger partial charge in [0, 0.05) is 11.4 Å². The maximum atomic E-state index is 14.1. The van der Waals surface area contributed by atoms with Gasteiger partial charge >= 0.3 is 17.9 Å². The van der Waals surface area contributed by atoms with Crippen molar-refractivity contribution in [3.05, 3.63) is 296 Å². The molecule has 0 aliphatic rings. The van der Waals surface area contributed by atoms with Gasteiger partial charge in [0.15, 0.2) is 0 Å². The molecular formula is C90H101ClN2O7. The van der Waals surface area contributed by atoms with E-state index in [-0.39, 0.29) is 41.1 Å². The Kier molecular flexibility index (Phi) is 25.5. The number of amides is 1. The number of aliphatic carboxylic acids is 1. The van der Waals surface area contributed by atoms with Crippen LogP contribution in [0.1, 0.15) is 182 Å². The van der Waals surface area contributed by atoms with E-state index in [0.717, 1.165) is 61.4 Å². The van der Waals surface area contributed by atoms with Crippen LogP contribution in [0.5, 0.6) is 0 Å². The quantitative estimate of drug-likeness (QED) is 0.0680. The first-order valence-electron chi connectivity index (χ1n) is 34.2. The predicted molar refractivity (Wildman–Crippen MR) is 417 cm³/mol. The minimum Gasteiger partial charge on any atom is -0.481 e. The Balaban J connectivity index is 0.000000237. The second-order valence-corrected chi connectivity index (χ2v) is 30.4. The Bertz CT molecular complexity index is 4370. The highest BCUT2D eigenvalue weighted by Gasteiger charge is 2.26. The number of carboxylic acid groups (broad SMARTS) is 1. The van der Waals surface area contributed by atoms with E-state index in [9.17, 15) is 24.3 Å². The highest BCUT2D eigenvalue weighted by Crippen LogP contribution is 2.35. The number of aryl methyl sites for hydroxylation is 6. The number of hydrogen-bond acceptors (Lipinski definition) is 7. The van der Waals surface area contributed by atoms with Crippen LogP contribution in [0.25, 0.3) is 44.5 Å². The van der Waals surface area contributed by atoms with Gasteiger partial charge in [0.25, 0.3) is 0 Å². The molecule has 0 unspecified atom stereocenters. The summed E-state index contributed by atoms with van der Waals surface area (Å²) in [4.78, 5) is 50.9. The number of esters is 2. The normalized spacial score (nSPS) is 12.1. The smallest absolute Gasteiger partial charge is 0.338 e. The minimum atomic E-state index is -0.876. The van der Waals surface area contributed by atoms with Crippen molar-refractivity contribution in [3.8, 4) is 44.5 Å². The van der Waals surface area contributed by atoms with Gasteiger partial charge in [0.2, 0.25) is 5.91 Å².